The third kappa shape index (κ3) is 3.83. The van der Waals surface area contributed by atoms with Gasteiger partial charge in [-0.1, -0.05) is 12.1 Å². The van der Waals surface area contributed by atoms with Crippen molar-refractivity contribution in [1.82, 2.24) is 4.72 Å². The lowest BCUT2D eigenvalue weighted by molar-refractivity contribution is 0.0981. The minimum atomic E-state index is -3.90. The molecule has 7 nitrogen and oxygen atoms in total. The number of thiophene rings is 1. The van der Waals surface area contributed by atoms with Crippen LogP contribution < -0.4 is 10.0 Å². The molecule has 22 heavy (non-hydrogen) atoms. The zero-order valence-electron chi connectivity index (χ0n) is 11.4. The second-order valence-electron chi connectivity index (χ2n) is 4.06. The summed E-state index contributed by atoms with van der Waals surface area (Å²) in [6, 6.07) is 8.80. The number of sulfonamides is 1. The van der Waals surface area contributed by atoms with Gasteiger partial charge in [-0.2, -0.15) is 0 Å². The normalized spacial score (nSPS) is 10.8. The van der Waals surface area contributed by atoms with E-state index in [2.05, 4.69) is 10.1 Å². The van der Waals surface area contributed by atoms with Crippen LogP contribution in [0.2, 0.25) is 0 Å². The van der Waals surface area contributed by atoms with Gasteiger partial charge in [-0.15, -0.1) is 11.3 Å². The Morgan fingerprint density at radius 2 is 1.95 bits per heavy atom. The molecule has 0 radical (unpaired) electrons. The first-order valence-corrected chi connectivity index (χ1v) is 8.34. The van der Waals surface area contributed by atoms with Crippen LogP contribution >= 0.6 is 11.3 Å². The van der Waals surface area contributed by atoms with E-state index in [0.717, 1.165) is 11.3 Å². The van der Waals surface area contributed by atoms with Crippen molar-refractivity contribution < 1.29 is 22.7 Å². The average molecular weight is 340 g/mol. The summed E-state index contributed by atoms with van der Waals surface area (Å²) in [7, 11) is -2.69. The van der Waals surface area contributed by atoms with Crippen molar-refractivity contribution in [3.8, 4) is 0 Å². The Balaban J connectivity index is 2.16. The molecule has 0 fully saturated rings. The van der Waals surface area contributed by atoms with Gasteiger partial charge in [0.1, 0.15) is 4.21 Å². The zero-order chi connectivity index (χ0) is 16.2. The summed E-state index contributed by atoms with van der Waals surface area (Å²) in [5.41, 5.74) is 0.405. The van der Waals surface area contributed by atoms with Gasteiger partial charge in [-0.25, -0.2) is 17.9 Å². The van der Waals surface area contributed by atoms with E-state index in [1.54, 1.807) is 17.5 Å². The summed E-state index contributed by atoms with van der Waals surface area (Å²) in [4.78, 5) is 23.2. The minimum Gasteiger partial charge on any atom is -0.453 e. The summed E-state index contributed by atoms with van der Waals surface area (Å²) >= 11 is 1.01. The molecule has 1 heterocycles. The van der Waals surface area contributed by atoms with Gasteiger partial charge < -0.3 is 4.74 Å². The Labute approximate surface area is 131 Å². The van der Waals surface area contributed by atoms with E-state index >= 15 is 0 Å². The van der Waals surface area contributed by atoms with Crippen molar-refractivity contribution in [3.63, 3.8) is 0 Å². The lowest BCUT2D eigenvalue weighted by Crippen LogP contribution is -2.30. The summed E-state index contributed by atoms with van der Waals surface area (Å²) in [5, 5.41) is 3.99. The maximum absolute atomic E-state index is 12.0. The molecule has 2 N–H and O–H groups in total. The molecule has 0 unspecified atom stereocenters. The molecular weight excluding hydrogens is 328 g/mol. The van der Waals surface area contributed by atoms with Crippen LogP contribution in [0.3, 0.4) is 0 Å². The van der Waals surface area contributed by atoms with E-state index in [0.29, 0.717) is 5.69 Å². The number of hydrogen-bond acceptors (Lipinski definition) is 6. The van der Waals surface area contributed by atoms with Gasteiger partial charge in [0.05, 0.1) is 7.11 Å². The number of amides is 2. The first-order chi connectivity index (χ1) is 10.4. The first-order valence-electron chi connectivity index (χ1n) is 5.98. The average Bonchev–Trinajstić information content (AvgIpc) is 3.02. The van der Waals surface area contributed by atoms with Crippen LogP contribution in [-0.4, -0.2) is 27.5 Å². The Kier molecular flexibility index (Phi) is 4.78. The number of nitrogens with one attached hydrogen (secondary N) is 2. The summed E-state index contributed by atoms with van der Waals surface area (Å²) < 4.78 is 30.4. The highest BCUT2D eigenvalue weighted by atomic mass is 32.2. The number of carbonyl (C=O) groups is 2. The van der Waals surface area contributed by atoms with Crippen LogP contribution in [0.15, 0.2) is 46.0 Å². The predicted octanol–water partition coefficient (Wildman–Crippen LogP) is 2.05. The van der Waals surface area contributed by atoms with Crippen LogP contribution in [0.5, 0.6) is 0 Å². The van der Waals surface area contributed by atoms with E-state index in [1.807, 2.05) is 4.72 Å². The number of rotatable bonds is 4. The summed E-state index contributed by atoms with van der Waals surface area (Å²) in [5.74, 6) is -0.790. The summed E-state index contributed by atoms with van der Waals surface area (Å²) in [6.07, 6.45) is -0.691. The number of benzene rings is 1. The Hall–Kier alpha value is -2.39. The Morgan fingerprint density at radius 3 is 2.59 bits per heavy atom. The zero-order valence-corrected chi connectivity index (χ0v) is 13.0. The van der Waals surface area contributed by atoms with E-state index in [-0.39, 0.29) is 9.77 Å². The van der Waals surface area contributed by atoms with Gasteiger partial charge in [0.2, 0.25) is 0 Å². The smallest absolute Gasteiger partial charge is 0.411 e. The van der Waals surface area contributed by atoms with E-state index in [4.69, 9.17) is 0 Å². The third-order valence-corrected chi connectivity index (χ3v) is 5.27. The van der Waals surface area contributed by atoms with Crippen molar-refractivity contribution in [2.75, 3.05) is 12.4 Å². The molecule has 1 aromatic carbocycles. The Bertz CT molecular complexity index is 785. The molecule has 2 amide bonds. The van der Waals surface area contributed by atoms with Gasteiger partial charge in [-0.3, -0.25) is 10.1 Å². The van der Waals surface area contributed by atoms with Crippen LogP contribution in [0.4, 0.5) is 10.5 Å². The van der Waals surface area contributed by atoms with E-state index in [1.165, 1.54) is 31.4 Å². The number of hydrogen-bond donors (Lipinski definition) is 2. The van der Waals surface area contributed by atoms with Gasteiger partial charge in [0.15, 0.2) is 0 Å². The highest BCUT2D eigenvalue weighted by Crippen LogP contribution is 2.17. The SMILES string of the molecule is COC(=O)Nc1cccc(C(=O)NS(=O)(=O)c2cccs2)c1. The van der Waals surface area contributed by atoms with Gasteiger partial charge in [0, 0.05) is 11.3 Å². The van der Waals surface area contributed by atoms with Gasteiger partial charge in [0.25, 0.3) is 15.9 Å². The topological polar surface area (TPSA) is 102 Å². The van der Waals surface area contributed by atoms with E-state index in [9.17, 15) is 18.0 Å². The molecule has 0 aliphatic heterocycles. The van der Waals surface area contributed by atoms with Crippen LogP contribution in [0.1, 0.15) is 10.4 Å². The fourth-order valence-corrected chi connectivity index (χ4v) is 3.52. The highest BCUT2D eigenvalue weighted by Gasteiger charge is 2.19. The fourth-order valence-electron chi connectivity index (χ4n) is 1.55. The number of anilines is 1. The van der Waals surface area contributed by atoms with E-state index < -0.39 is 22.0 Å². The summed E-state index contributed by atoms with van der Waals surface area (Å²) in [6.45, 7) is 0. The quantitative estimate of drug-likeness (QED) is 0.887. The molecule has 0 saturated heterocycles. The highest BCUT2D eigenvalue weighted by molar-refractivity contribution is 7.92. The largest absolute Gasteiger partial charge is 0.453 e. The maximum Gasteiger partial charge on any atom is 0.411 e. The standard InChI is InChI=1S/C13H12N2O5S2/c1-20-13(17)14-10-5-2-4-9(8-10)12(16)15-22(18,19)11-6-3-7-21-11/h2-8H,1H3,(H,14,17)(H,15,16). The molecular formula is C13H12N2O5S2. The lowest BCUT2D eigenvalue weighted by Gasteiger charge is -2.07. The fraction of sp³-hybridized carbons (Fsp3) is 0.0769. The maximum atomic E-state index is 12.0. The number of ether oxygens (including phenoxy) is 1. The molecule has 2 rings (SSSR count). The van der Waals surface area contributed by atoms with Crippen molar-refractivity contribution >= 4 is 39.0 Å². The van der Waals surface area contributed by atoms with Crippen molar-refractivity contribution in [3.05, 3.63) is 47.3 Å². The number of methoxy groups -OCH3 is 1. The molecule has 0 spiro atoms. The predicted molar refractivity (Wildman–Crippen MR) is 81.4 cm³/mol. The molecule has 0 saturated carbocycles. The molecule has 1 aromatic heterocycles. The molecule has 9 heteroatoms. The van der Waals surface area contributed by atoms with Crippen molar-refractivity contribution in [1.29, 1.82) is 0 Å². The third-order valence-electron chi connectivity index (χ3n) is 2.54. The number of carbonyl (C=O) groups excluding carboxylic acids is 2. The van der Waals surface area contributed by atoms with Crippen molar-refractivity contribution in [2.24, 2.45) is 0 Å². The first kappa shape index (κ1) is 16.0. The molecule has 0 bridgehead atoms. The second-order valence-corrected chi connectivity index (χ2v) is 6.92. The molecule has 116 valence electrons. The minimum absolute atomic E-state index is 0.0460. The van der Waals surface area contributed by atoms with Crippen LogP contribution in [-0.2, 0) is 14.8 Å². The molecule has 0 aliphatic carbocycles. The van der Waals surface area contributed by atoms with Crippen molar-refractivity contribution in [2.45, 2.75) is 4.21 Å². The molecule has 0 aliphatic rings. The second kappa shape index (κ2) is 6.58. The molecule has 2 aromatic rings. The van der Waals surface area contributed by atoms with Gasteiger partial charge in [-0.05, 0) is 29.6 Å². The van der Waals surface area contributed by atoms with Gasteiger partial charge >= 0.3 is 6.09 Å². The lowest BCUT2D eigenvalue weighted by atomic mass is 10.2. The van der Waals surface area contributed by atoms with Crippen LogP contribution in [0, 0.1) is 0 Å². The Morgan fingerprint density at radius 1 is 1.18 bits per heavy atom. The molecule has 0 atom stereocenters. The monoisotopic (exact) mass is 340 g/mol. The van der Waals surface area contributed by atoms with Crippen LogP contribution in [0.25, 0.3) is 0 Å².